The van der Waals surface area contributed by atoms with Crippen molar-refractivity contribution < 1.29 is 46.9 Å². The Bertz CT molecular complexity index is 2010. The molecule has 1 aromatic carbocycles. The Morgan fingerprint density at radius 1 is 0.814 bits per heavy atom. The van der Waals surface area contributed by atoms with E-state index in [-0.39, 0.29) is 36.2 Å². The quantitative estimate of drug-likeness (QED) is 0.0823. The summed E-state index contributed by atoms with van der Waals surface area (Å²) in [6, 6.07) is 7.55. The van der Waals surface area contributed by atoms with E-state index < -0.39 is 46.8 Å². The molecular formula is C41H55BFN7O9. The van der Waals surface area contributed by atoms with Gasteiger partial charge in [-0.2, -0.15) is 0 Å². The molecule has 16 nitrogen and oxygen atoms in total. The van der Waals surface area contributed by atoms with Crippen molar-refractivity contribution in [3.8, 4) is 6.26 Å². The molecule has 2 aliphatic rings. The number of halogens is 1. The summed E-state index contributed by atoms with van der Waals surface area (Å²) in [4.78, 5) is 58.0. The Balaban J connectivity index is 0.00000458. The molecule has 0 fully saturated rings. The Labute approximate surface area is 345 Å². The Hall–Kier alpha value is -6.12. The van der Waals surface area contributed by atoms with E-state index >= 15 is 4.39 Å². The number of nitrogens with one attached hydrogen (secondary N) is 3. The number of alkyl carbamates (subject to hydrolysis) is 2. The molecule has 0 saturated carbocycles. The second kappa shape index (κ2) is 20.5. The second-order valence-corrected chi connectivity index (χ2v) is 16.0. The maximum absolute atomic E-state index is 15.5. The molecule has 0 saturated heterocycles. The first kappa shape index (κ1) is 47.3. The van der Waals surface area contributed by atoms with E-state index in [0.717, 1.165) is 12.7 Å². The van der Waals surface area contributed by atoms with Crippen LogP contribution in [0.1, 0.15) is 111 Å². The summed E-state index contributed by atoms with van der Waals surface area (Å²) in [7, 11) is 1.13. The molecule has 3 N–H and O–H groups in total. The van der Waals surface area contributed by atoms with E-state index in [9.17, 15) is 19.2 Å². The van der Waals surface area contributed by atoms with Crippen LogP contribution in [0.15, 0.2) is 51.9 Å². The molecule has 4 rings (SSSR count). The number of amides is 4. The van der Waals surface area contributed by atoms with Gasteiger partial charge in [0.2, 0.25) is 5.96 Å². The molecule has 0 aliphatic carbocycles. The fourth-order valence-electron chi connectivity index (χ4n) is 5.51. The SMILES string of the molecule is CC.CC(C)(C)OC(=O)/N=C(/NC(=O)OC(C)(C)C)N1CC=C(c2ccc(NC(=O)c3ccc(C4=CCN(C(=BOC#N)NC(=O)OC(C)(C)C)CC4)o3)cc2F)CC1. The number of hydrogen-bond donors (Lipinski definition) is 3. The van der Waals surface area contributed by atoms with Crippen LogP contribution in [0.5, 0.6) is 0 Å². The van der Waals surface area contributed by atoms with Crippen LogP contribution in [0, 0.1) is 17.3 Å². The van der Waals surface area contributed by atoms with Gasteiger partial charge in [0.05, 0.1) is 0 Å². The number of anilines is 1. The van der Waals surface area contributed by atoms with Crippen molar-refractivity contribution >= 4 is 59.8 Å². The zero-order valence-electron chi connectivity index (χ0n) is 35.7. The summed E-state index contributed by atoms with van der Waals surface area (Å²) in [6.07, 6.45) is 3.61. The molecule has 0 spiro atoms. The summed E-state index contributed by atoms with van der Waals surface area (Å²) in [5.41, 5.74) is -0.0248. The summed E-state index contributed by atoms with van der Waals surface area (Å²) in [6.45, 7) is 20.6. The fourth-order valence-corrected chi connectivity index (χ4v) is 5.51. The number of carbonyl (C=O) groups is 4. The Morgan fingerprint density at radius 3 is 1.93 bits per heavy atom. The first-order chi connectivity index (χ1) is 27.6. The maximum atomic E-state index is 15.5. The molecule has 18 heteroatoms. The van der Waals surface area contributed by atoms with Crippen molar-refractivity contribution in [1.82, 2.24) is 20.4 Å². The van der Waals surface area contributed by atoms with Crippen molar-refractivity contribution in [2.45, 2.75) is 106 Å². The van der Waals surface area contributed by atoms with Gasteiger partial charge in [-0.1, -0.05) is 19.9 Å². The van der Waals surface area contributed by atoms with Crippen molar-refractivity contribution in [3.05, 3.63) is 65.4 Å². The van der Waals surface area contributed by atoms with E-state index in [1.165, 1.54) is 12.1 Å². The third kappa shape index (κ3) is 15.6. The van der Waals surface area contributed by atoms with Crippen molar-refractivity contribution in [1.29, 1.82) is 5.26 Å². The van der Waals surface area contributed by atoms with Crippen LogP contribution in [0.25, 0.3) is 11.1 Å². The number of ether oxygens (including phenoxy) is 3. The number of hydrogen-bond acceptors (Lipinski definition) is 11. The van der Waals surface area contributed by atoms with Gasteiger partial charge in [0.25, 0.3) is 0 Å². The molecule has 0 atom stereocenters. The van der Waals surface area contributed by atoms with Gasteiger partial charge in [0.15, 0.2) is 0 Å². The number of nitrogens with zero attached hydrogens (tertiary/aromatic N) is 4. The average molecular weight is 820 g/mol. The van der Waals surface area contributed by atoms with Gasteiger partial charge < -0.3 is 14.4 Å². The molecule has 2 aliphatic heterocycles. The van der Waals surface area contributed by atoms with Crippen LogP contribution in [0.2, 0.25) is 0 Å². The Morgan fingerprint density at radius 2 is 1.39 bits per heavy atom. The van der Waals surface area contributed by atoms with Crippen LogP contribution in [0.4, 0.5) is 24.5 Å². The Kier molecular flexibility index (Phi) is 16.4. The van der Waals surface area contributed by atoms with E-state index in [4.69, 9.17) is 28.5 Å². The second-order valence-electron chi connectivity index (χ2n) is 16.0. The zero-order valence-corrected chi connectivity index (χ0v) is 35.7. The molecular weight excluding hydrogens is 764 g/mol. The minimum Gasteiger partial charge on any atom is -0.206 e. The molecule has 59 heavy (non-hydrogen) atoms. The smallest absolute Gasteiger partial charge is 0.206 e. The third-order valence-electron chi connectivity index (χ3n) is 7.83. The molecule has 1 aromatic heterocycles. The van der Waals surface area contributed by atoms with E-state index in [1.807, 2.05) is 19.9 Å². The summed E-state index contributed by atoms with van der Waals surface area (Å²) in [5, 5.41) is 16.7. The van der Waals surface area contributed by atoms with Gasteiger partial charge in [0.1, 0.15) is 17.0 Å². The average Bonchev–Trinajstić information content (AvgIpc) is 3.63. The summed E-state index contributed by atoms with van der Waals surface area (Å²) in [5.74, 6) is -0.705. The first-order valence-electron chi connectivity index (χ1n) is 19.2. The predicted octanol–water partition coefficient (Wildman–Crippen LogP) is 7.42. The first-order valence-corrected chi connectivity index (χ1v) is 19.2. The number of carbonyl (C=O) groups excluding carboxylic acids is 4. The van der Waals surface area contributed by atoms with E-state index in [1.54, 1.807) is 103 Å². The van der Waals surface area contributed by atoms with Gasteiger partial charge in [-0.25, -0.2) is 14.0 Å². The molecule has 2 aromatic rings. The molecule has 0 bridgehead atoms. The predicted molar refractivity (Wildman–Crippen MR) is 223 cm³/mol. The van der Waals surface area contributed by atoms with Crippen LogP contribution in [-0.2, 0) is 18.9 Å². The van der Waals surface area contributed by atoms with Crippen molar-refractivity contribution in [3.63, 3.8) is 0 Å². The molecule has 3 heterocycles. The minimum atomic E-state index is -0.891. The number of nitriles is 1. The van der Waals surface area contributed by atoms with Crippen molar-refractivity contribution in [2.75, 3.05) is 31.5 Å². The number of furan rings is 1. The molecule has 0 unspecified atom stereocenters. The van der Waals surface area contributed by atoms with Crippen LogP contribution in [0.3, 0.4) is 0 Å². The van der Waals surface area contributed by atoms with Gasteiger partial charge in [-0.05, 0) is 59.6 Å². The number of guanidine groups is 1. The molecule has 0 radical (unpaired) electrons. The van der Waals surface area contributed by atoms with E-state index in [2.05, 4.69) is 20.9 Å². The summed E-state index contributed by atoms with van der Waals surface area (Å²) < 4.78 is 42.1. The minimum absolute atomic E-state index is 0.0198. The third-order valence-corrected chi connectivity index (χ3v) is 7.83. The monoisotopic (exact) mass is 819 g/mol. The number of benzene rings is 1. The van der Waals surface area contributed by atoms with Gasteiger partial charge in [0, 0.05) is 18.7 Å². The summed E-state index contributed by atoms with van der Waals surface area (Å²) >= 11 is 0. The van der Waals surface area contributed by atoms with Gasteiger partial charge >= 0.3 is 186 Å². The fraction of sp³-hybridized carbons (Fsp3) is 0.488. The number of rotatable bonds is 7. The van der Waals surface area contributed by atoms with Gasteiger partial charge in [-0.3, -0.25) is 5.32 Å². The standard InChI is InChI=1S/C39H49BFN7O9.C2H6/c1-37(2,3)55-34(50)44-32(40-53-23-42)47-18-16-25(17-19-47)29-12-13-30(54-29)31(49)43-26-10-11-27(28(41)22-26)24-14-20-48(21-15-24)33(45-35(51)56-38(4,5)6)46-36(52)57-39(7,8)9;1-2/h10-14,16,22H,15,17-21H2,1-9H3,(H,43,49)(H,44,50)(H,45,46,51,52);1-2H3. The van der Waals surface area contributed by atoms with Crippen molar-refractivity contribution in [2.24, 2.45) is 4.99 Å². The van der Waals surface area contributed by atoms with Crippen LogP contribution in [-0.4, -0.2) is 95.8 Å². The van der Waals surface area contributed by atoms with Crippen LogP contribution < -0.4 is 16.0 Å². The van der Waals surface area contributed by atoms with Crippen LogP contribution >= 0.6 is 0 Å². The molecule has 318 valence electrons. The topological polar surface area (TPSA) is 197 Å². The normalized spacial score (nSPS) is 14.8. The zero-order chi connectivity index (χ0) is 44.1. The van der Waals surface area contributed by atoms with Gasteiger partial charge in [-0.15, -0.1) is 4.99 Å². The van der Waals surface area contributed by atoms with E-state index in [0.29, 0.717) is 42.8 Å². The molecule has 4 amide bonds. The number of aliphatic imine (C=N–C) groups is 1.